The normalized spacial score (nSPS) is 11.7. The zero-order chi connectivity index (χ0) is 15.4. The Bertz CT molecular complexity index is 675. The fourth-order valence-corrected chi connectivity index (χ4v) is 1.74. The number of rotatable bonds is 5. The zero-order valence-electron chi connectivity index (χ0n) is 11.1. The number of nitrogens with zero attached hydrogens (tertiary/aromatic N) is 3. The number of nitro groups is 1. The van der Waals surface area contributed by atoms with Crippen molar-refractivity contribution in [2.24, 2.45) is 0 Å². The van der Waals surface area contributed by atoms with E-state index in [0.29, 0.717) is 5.69 Å². The molecular formula is C13H12N4O4. The second-order valence-electron chi connectivity index (χ2n) is 4.27. The van der Waals surface area contributed by atoms with E-state index in [-0.39, 0.29) is 23.1 Å². The van der Waals surface area contributed by atoms with Gasteiger partial charge < -0.3 is 10.4 Å². The van der Waals surface area contributed by atoms with Crippen LogP contribution in [-0.4, -0.2) is 26.0 Å². The highest BCUT2D eigenvalue weighted by atomic mass is 16.6. The second kappa shape index (κ2) is 5.95. The van der Waals surface area contributed by atoms with E-state index >= 15 is 0 Å². The third-order valence-corrected chi connectivity index (χ3v) is 2.80. The Morgan fingerprint density at radius 3 is 2.76 bits per heavy atom. The van der Waals surface area contributed by atoms with Crippen LogP contribution in [0.1, 0.15) is 29.0 Å². The van der Waals surface area contributed by atoms with Crippen molar-refractivity contribution in [1.29, 1.82) is 0 Å². The van der Waals surface area contributed by atoms with Crippen molar-refractivity contribution in [2.75, 3.05) is 5.32 Å². The number of anilines is 1. The quantitative estimate of drug-likeness (QED) is 0.639. The molecule has 0 aliphatic carbocycles. The van der Waals surface area contributed by atoms with Crippen LogP contribution < -0.4 is 5.32 Å². The molecule has 2 aromatic rings. The Kier molecular flexibility index (Phi) is 4.07. The number of hydrogen-bond donors (Lipinski definition) is 2. The molecule has 2 aromatic heterocycles. The van der Waals surface area contributed by atoms with Gasteiger partial charge in [0, 0.05) is 12.3 Å². The highest BCUT2D eigenvalue weighted by molar-refractivity contribution is 5.93. The number of carboxylic acids is 1. The minimum absolute atomic E-state index is 0.0613. The van der Waals surface area contributed by atoms with Crippen LogP contribution in [-0.2, 0) is 0 Å². The maximum atomic E-state index is 11.2. The van der Waals surface area contributed by atoms with Gasteiger partial charge >= 0.3 is 5.97 Å². The molecule has 0 saturated heterocycles. The van der Waals surface area contributed by atoms with Crippen LogP contribution in [0.2, 0.25) is 0 Å². The first kappa shape index (κ1) is 14.4. The van der Waals surface area contributed by atoms with E-state index in [1.54, 1.807) is 25.3 Å². The van der Waals surface area contributed by atoms with E-state index in [1.807, 2.05) is 6.07 Å². The summed E-state index contributed by atoms with van der Waals surface area (Å²) in [4.78, 5) is 29.2. The van der Waals surface area contributed by atoms with Crippen molar-refractivity contribution >= 4 is 17.5 Å². The minimum atomic E-state index is -1.29. The molecule has 2 N–H and O–H groups in total. The van der Waals surface area contributed by atoms with Crippen LogP contribution >= 0.6 is 0 Å². The lowest BCUT2D eigenvalue weighted by atomic mass is 10.2. The molecule has 0 aliphatic rings. The molecule has 0 fully saturated rings. The highest BCUT2D eigenvalue weighted by Gasteiger charge is 2.19. The van der Waals surface area contributed by atoms with E-state index in [4.69, 9.17) is 5.11 Å². The van der Waals surface area contributed by atoms with E-state index in [0.717, 1.165) is 12.3 Å². The van der Waals surface area contributed by atoms with Crippen molar-refractivity contribution in [3.8, 4) is 0 Å². The molecule has 0 radical (unpaired) electrons. The van der Waals surface area contributed by atoms with Gasteiger partial charge in [-0.3, -0.25) is 15.1 Å². The maximum Gasteiger partial charge on any atom is 0.339 e. The van der Waals surface area contributed by atoms with Crippen LogP contribution in [0, 0.1) is 10.1 Å². The maximum absolute atomic E-state index is 11.2. The first-order valence-corrected chi connectivity index (χ1v) is 6.04. The number of carboxylic acid groups (broad SMARTS) is 1. The van der Waals surface area contributed by atoms with E-state index in [1.165, 1.54) is 0 Å². The summed E-state index contributed by atoms with van der Waals surface area (Å²) < 4.78 is 0. The Morgan fingerprint density at radius 2 is 2.19 bits per heavy atom. The van der Waals surface area contributed by atoms with Gasteiger partial charge in [0.05, 0.1) is 16.7 Å². The molecule has 0 amide bonds. The lowest BCUT2D eigenvalue weighted by Crippen LogP contribution is -2.13. The highest BCUT2D eigenvalue weighted by Crippen LogP contribution is 2.23. The monoisotopic (exact) mass is 288 g/mol. The van der Waals surface area contributed by atoms with Crippen LogP contribution in [0.25, 0.3) is 0 Å². The standard InChI is InChI=1S/C13H12N4O4/c1-8(11-4-2-3-5-14-11)16-12-10(13(18)19)6-9(7-15-12)17(20)21/h2-8H,1H3,(H,15,16)(H,18,19). The molecule has 8 nitrogen and oxygen atoms in total. The summed E-state index contributed by atoms with van der Waals surface area (Å²) in [6.07, 6.45) is 2.63. The number of carbonyl (C=O) groups is 1. The summed E-state index contributed by atoms with van der Waals surface area (Å²) in [5.74, 6) is -1.23. The summed E-state index contributed by atoms with van der Waals surface area (Å²) >= 11 is 0. The van der Waals surface area contributed by atoms with E-state index < -0.39 is 10.9 Å². The molecule has 0 saturated carbocycles. The molecule has 2 rings (SSSR count). The Labute approximate surface area is 119 Å². The number of pyridine rings is 2. The fourth-order valence-electron chi connectivity index (χ4n) is 1.74. The third-order valence-electron chi connectivity index (χ3n) is 2.80. The molecule has 1 unspecified atom stereocenters. The average molecular weight is 288 g/mol. The van der Waals surface area contributed by atoms with Gasteiger partial charge in [0.1, 0.15) is 17.6 Å². The summed E-state index contributed by atoms with van der Waals surface area (Å²) in [5, 5.41) is 22.7. The molecule has 8 heteroatoms. The Hall–Kier alpha value is -3.03. The number of aromatic nitrogens is 2. The summed E-state index contributed by atoms with van der Waals surface area (Å²) in [5.41, 5.74) is 0.0735. The topological polar surface area (TPSA) is 118 Å². The predicted molar refractivity (Wildman–Crippen MR) is 74.1 cm³/mol. The molecular weight excluding hydrogens is 276 g/mol. The summed E-state index contributed by atoms with van der Waals surface area (Å²) in [6.45, 7) is 1.79. The van der Waals surface area contributed by atoms with Gasteiger partial charge in [-0.1, -0.05) is 6.07 Å². The first-order valence-electron chi connectivity index (χ1n) is 6.04. The van der Waals surface area contributed by atoms with Gasteiger partial charge in [0.15, 0.2) is 0 Å². The van der Waals surface area contributed by atoms with E-state index in [9.17, 15) is 14.9 Å². The molecule has 0 aliphatic heterocycles. The van der Waals surface area contributed by atoms with E-state index in [2.05, 4.69) is 15.3 Å². The largest absolute Gasteiger partial charge is 0.478 e. The van der Waals surface area contributed by atoms with Gasteiger partial charge in [-0.2, -0.15) is 0 Å². The van der Waals surface area contributed by atoms with Gasteiger partial charge in [0.2, 0.25) is 0 Å². The zero-order valence-corrected chi connectivity index (χ0v) is 11.1. The van der Waals surface area contributed by atoms with Crippen LogP contribution in [0.4, 0.5) is 11.5 Å². The van der Waals surface area contributed by atoms with Gasteiger partial charge in [0.25, 0.3) is 5.69 Å². The first-order chi connectivity index (χ1) is 9.99. The van der Waals surface area contributed by atoms with Crippen LogP contribution in [0.3, 0.4) is 0 Å². The van der Waals surface area contributed by atoms with Gasteiger partial charge in [-0.05, 0) is 19.1 Å². The lowest BCUT2D eigenvalue weighted by Gasteiger charge is -2.15. The Morgan fingerprint density at radius 1 is 1.43 bits per heavy atom. The summed E-state index contributed by atoms with van der Waals surface area (Å²) in [7, 11) is 0. The second-order valence-corrected chi connectivity index (χ2v) is 4.27. The number of nitrogens with one attached hydrogen (secondary N) is 1. The predicted octanol–water partition coefficient (Wildman–Crippen LogP) is 2.26. The number of aromatic carboxylic acids is 1. The fraction of sp³-hybridized carbons (Fsp3) is 0.154. The summed E-state index contributed by atoms with van der Waals surface area (Å²) in [6, 6.07) is 6.04. The minimum Gasteiger partial charge on any atom is -0.478 e. The molecule has 2 heterocycles. The van der Waals surface area contributed by atoms with Gasteiger partial charge in [-0.15, -0.1) is 0 Å². The molecule has 0 spiro atoms. The van der Waals surface area contributed by atoms with Crippen molar-refractivity contribution in [2.45, 2.75) is 13.0 Å². The van der Waals surface area contributed by atoms with Crippen LogP contribution in [0.15, 0.2) is 36.7 Å². The third kappa shape index (κ3) is 3.30. The molecule has 21 heavy (non-hydrogen) atoms. The SMILES string of the molecule is CC(Nc1ncc([N+](=O)[O-])cc1C(=O)O)c1ccccn1. The van der Waals surface area contributed by atoms with Gasteiger partial charge in [-0.25, -0.2) is 9.78 Å². The Balaban J connectivity index is 2.31. The average Bonchev–Trinajstić information content (AvgIpc) is 2.48. The van der Waals surface area contributed by atoms with Crippen LogP contribution in [0.5, 0.6) is 0 Å². The smallest absolute Gasteiger partial charge is 0.339 e. The molecule has 0 bridgehead atoms. The molecule has 108 valence electrons. The van der Waals surface area contributed by atoms with Crippen molar-refractivity contribution < 1.29 is 14.8 Å². The van der Waals surface area contributed by atoms with Crippen molar-refractivity contribution in [1.82, 2.24) is 9.97 Å². The van der Waals surface area contributed by atoms with Crippen molar-refractivity contribution in [3.05, 3.63) is 58.0 Å². The van der Waals surface area contributed by atoms with Crippen molar-refractivity contribution in [3.63, 3.8) is 0 Å². The molecule has 1 atom stereocenters. The number of hydrogen-bond acceptors (Lipinski definition) is 6. The molecule has 0 aromatic carbocycles. The lowest BCUT2D eigenvalue weighted by molar-refractivity contribution is -0.385.